The molecule has 0 aromatic heterocycles. The third-order valence-corrected chi connectivity index (χ3v) is 3.45. The van der Waals surface area contributed by atoms with E-state index in [2.05, 4.69) is 26.1 Å². The summed E-state index contributed by atoms with van der Waals surface area (Å²) in [5.41, 5.74) is 0. The van der Waals surface area contributed by atoms with E-state index >= 15 is 0 Å². The first-order valence-electron chi connectivity index (χ1n) is 6.00. The Kier molecular flexibility index (Phi) is 4.90. The first kappa shape index (κ1) is 12.0. The molecule has 1 fully saturated rings. The number of nitrogens with one attached hydrogen (secondary N) is 1. The predicted molar refractivity (Wildman–Crippen MR) is 60.3 cm³/mol. The zero-order valence-electron chi connectivity index (χ0n) is 9.79. The Hall–Kier alpha value is -0.0800. The first-order valence-corrected chi connectivity index (χ1v) is 6.00. The number of aliphatic hydroxyl groups is 1. The van der Waals surface area contributed by atoms with Crippen LogP contribution in [0.2, 0.25) is 0 Å². The van der Waals surface area contributed by atoms with E-state index in [0.717, 1.165) is 11.8 Å². The fourth-order valence-corrected chi connectivity index (χ4v) is 2.44. The van der Waals surface area contributed by atoms with Gasteiger partial charge in [0.05, 0.1) is 6.61 Å². The highest BCUT2D eigenvalue weighted by molar-refractivity contribution is 4.81. The van der Waals surface area contributed by atoms with Crippen molar-refractivity contribution in [2.45, 2.75) is 58.5 Å². The smallest absolute Gasteiger partial charge is 0.0582 e. The van der Waals surface area contributed by atoms with E-state index in [-0.39, 0.29) is 12.6 Å². The summed E-state index contributed by atoms with van der Waals surface area (Å²) in [6.07, 6.45) is 5.32. The lowest BCUT2D eigenvalue weighted by Gasteiger charge is -2.33. The highest BCUT2D eigenvalue weighted by Crippen LogP contribution is 2.29. The molecule has 1 rings (SSSR count). The molecule has 0 spiro atoms. The van der Waals surface area contributed by atoms with Crippen molar-refractivity contribution in [3.8, 4) is 0 Å². The maximum Gasteiger partial charge on any atom is 0.0582 e. The summed E-state index contributed by atoms with van der Waals surface area (Å²) in [4.78, 5) is 0. The van der Waals surface area contributed by atoms with Crippen molar-refractivity contribution in [1.82, 2.24) is 5.32 Å². The number of rotatable bonds is 4. The minimum absolute atomic E-state index is 0.253. The summed E-state index contributed by atoms with van der Waals surface area (Å²) < 4.78 is 0. The fraction of sp³-hybridized carbons (Fsp3) is 1.00. The maximum absolute atomic E-state index is 8.98. The molecule has 0 aliphatic heterocycles. The van der Waals surface area contributed by atoms with E-state index in [4.69, 9.17) is 5.11 Å². The van der Waals surface area contributed by atoms with Crippen LogP contribution < -0.4 is 5.32 Å². The highest BCUT2D eigenvalue weighted by atomic mass is 16.3. The van der Waals surface area contributed by atoms with Gasteiger partial charge in [0.1, 0.15) is 0 Å². The van der Waals surface area contributed by atoms with Crippen LogP contribution in [0.15, 0.2) is 0 Å². The maximum atomic E-state index is 8.98. The topological polar surface area (TPSA) is 32.3 Å². The SMILES string of the molecule is CC(CO)NC1CCCC(C(C)C)C1. The molecule has 2 N–H and O–H groups in total. The average Bonchev–Trinajstić information content (AvgIpc) is 2.18. The van der Waals surface area contributed by atoms with E-state index in [1.165, 1.54) is 25.7 Å². The number of aliphatic hydroxyl groups excluding tert-OH is 1. The molecule has 0 radical (unpaired) electrons. The second-order valence-corrected chi connectivity index (χ2v) is 5.12. The van der Waals surface area contributed by atoms with Crippen LogP contribution in [0.3, 0.4) is 0 Å². The quantitative estimate of drug-likeness (QED) is 0.727. The molecular formula is C12H25NO. The molecule has 0 bridgehead atoms. The van der Waals surface area contributed by atoms with Crippen molar-refractivity contribution in [2.24, 2.45) is 11.8 Å². The highest BCUT2D eigenvalue weighted by Gasteiger charge is 2.24. The van der Waals surface area contributed by atoms with Gasteiger partial charge >= 0.3 is 0 Å². The molecule has 0 saturated heterocycles. The largest absolute Gasteiger partial charge is 0.395 e. The van der Waals surface area contributed by atoms with Gasteiger partial charge in [-0.25, -0.2) is 0 Å². The average molecular weight is 199 g/mol. The van der Waals surface area contributed by atoms with Gasteiger partial charge in [0.2, 0.25) is 0 Å². The van der Waals surface area contributed by atoms with E-state index in [0.29, 0.717) is 6.04 Å². The summed E-state index contributed by atoms with van der Waals surface area (Å²) in [5, 5.41) is 12.5. The first-order chi connectivity index (χ1) is 6.63. The van der Waals surface area contributed by atoms with Gasteiger partial charge < -0.3 is 10.4 Å². The number of hydrogen-bond acceptors (Lipinski definition) is 2. The van der Waals surface area contributed by atoms with E-state index in [1.807, 2.05) is 0 Å². The van der Waals surface area contributed by atoms with Crippen molar-refractivity contribution < 1.29 is 5.11 Å². The standard InChI is InChI=1S/C12H25NO/c1-9(2)11-5-4-6-12(7-11)13-10(3)8-14/h9-14H,4-8H2,1-3H3. The van der Waals surface area contributed by atoms with E-state index in [9.17, 15) is 0 Å². The molecule has 1 saturated carbocycles. The van der Waals surface area contributed by atoms with Gasteiger partial charge in [-0.3, -0.25) is 0 Å². The summed E-state index contributed by atoms with van der Waals surface area (Å²) in [7, 11) is 0. The fourth-order valence-electron chi connectivity index (χ4n) is 2.44. The second-order valence-electron chi connectivity index (χ2n) is 5.12. The summed E-state index contributed by atoms with van der Waals surface area (Å²) in [6, 6.07) is 0.893. The van der Waals surface area contributed by atoms with Crippen molar-refractivity contribution in [1.29, 1.82) is 0 Å². The van der Waals surface area contributed by atoms with E-state index < -0.39 is 0 Å². The Morgan fingerprint density at radius 3 is 2.57 bits per heavy atom. The second kappa shape index (κ2) is 5.72. The van der Waals surface area contributed by atoms with Gasteiger partial charge in [-0.15, -0.1) is 0 Å². The molecule has 3 unspecified atom stereocenters. The van der Waals surface area contributed by atoms with Gasteiger partial charge in [-0.1, -0.05) is 26.7 Å². The van der Waals surface area contributed by atoms with E-state index in [1.54, 1.807) is 0 Å². The molecule has 0 aromatic rings. The third kappa shape index (κ3) is 3.58. The molecule has 1 aliphatic rings. The van der Waals surface area contributed by atoms with Crippen LogP contribution in [0.25, 0.3) is 0 Å². The van der Waals surface area contributed by atoms with Crippen LogP contribution in [-0.2, 0) is 0 Å². The van der Waals surface area contributed by atoms with Crippen molar-refractivity contribution >= 4 is 0 Å². The Bertz CT molecular complexity index is 158. The van der Waals surface area contributed by atoms with Crippen LogP contribution in [0.1, 0.15) is 46.5 Å². The third-order valence-electron chi connectivity index (χ3n) is 3.45. The zero-order valence-corrected chi connectivity index (χ0v) is 9.79. The van der Waals surface area contributed by atoms with Crippen LogP contribution in [0, 0.1) is 11.8 Å². The van der Waals surface area contributed by atoms with Gasteiger partial charge in [-0.2, -0.15) is 0 Å². The van der Waals surface area contributed by atoms with Gasteiger partial charge in [0.15, 0.2) is 0 Å². The molecule has 3 atom stereocenters. The van der Waals surface area contributed by atoms with Gasteiger partial charge in [-0.05, 0) is 31.6 Å². The molecule has 0 aromatic carbocycles. The molecule has 14 heavy (non-hydrogen) atoms. The van der Waals surface area contributed by atoms with Gasteiger partial charge in [0, 0.05) is 12.1 Å². The van der Waals surface area contributed by atoms with Gasteiger partial charge in [0.25, 0.3) is 0 Å². The van der Waals surface area contributed by atoms with Crippen molar-refractivity contribution in [2.75, 3.05) is 6.61 Å². The number of hydrogen-bond donors (Lipinski definition) is 2. The van der Waals surface area contributed by atoms with Crippen LogP contribution in [-0.4, -0.2) is 23.8 Å². The molecular weight excluding hydrogens is 174 g/mol. The van der Waals surface area contributed by atoms with Crippen LogP contribution in [0.5, 0.6) is 0 Å². The minimum Gasteiger partial charge on any atom is -0.395 e. The van der Waals surface area contributed by atoms with Crippen LogP contribution in [0.4, 0.5) is 0 Å². The Balaban J connectivity index is 2.32. The molecule has 2 nitrogen and oxygen atoms in total. The van der Waals surface area contributed by atoms with Crippen LogP contribution >= 0.6 is 0 Å². The van der Waals surface area contributed by atoms with Crippen molar-refractivity contribution in [3.63, 3.8) is 0 Å². The normalized spacial score (nSPS) is 30.6. The Morgan fingerprint density at radius 1 is 1.29 bits per heavy atom. The summed E-state index contributed by atoms with van der Waals surface area (Å²) in [5.74, 6) is 1.69. The Labute approximate surface area is 88.1 Å². The lowest BCUT2D eigenvalue weighted by molar-refractivity contribution is 0.192. The predicted octanol–water partition coefficient (Wildman–Crippen LogP) is 2.17. The van der Waals surface area contributed by atoms with Crippen molar-refractivity contribution in [3.05, 3.63) is 0 Å². The zero-order chi connectivity index (χ0) is 10.6. The summed E-state index contributed by atoms with van der Waals surface area (Å²) >= 11 is 0. The summed E-state index contributed by atoms with van der Waals surface area (Å²) in [6.45, 7) is 6.95. The molecule has 2 heteroatoms. The monoisotopic (exact) mass is 199 g/mol. The molecule has 84 valence electrons. The Morgan fingerprint density at radius 2 is 2.00 bits per heavy atom. The lowest BCUT2D eigenvalue weighted by atomic mass is 9.79. The lowest BCUT2D eigenvalue weighted by Crippen LogP contribution is -2.42. The molecule has 1 aliphatic carbocycles. The minimum atomic E-state index is 0.253. The molecule has 0 amide bonds. The molecule has 0 heterocycles.